The van der Waals surface area contributed by atoms with Crippen LogP contribution in [-0.4, -0.2) is 35.1 Å². The Morgan fingerprint density at radius 2 is 2.24 bits per heavy atom. The van der Waals surface area contributed by atoms with Crippen molar-refractivity contribution in [3.8, 4) is 0 Å². The monoisotopic (exact) mass is 231 g/mol. The van der Waals surface area contributed by atoms with Gasteiger partial charge in [-0.25, -0.2) is 0 Å². The molecular weight excluding hydrogens is 210 g/mol. The van der Waals surface area contributed by atoms with E-state index in [4.69, 9.17) is 0 Å². The second-order valence-electron chi connectivity index (χ2n) is 5.38. The predicted molar refractivity (Wildman–Crippen MR) is 68.8 cm³/mol. The van der Waals surface area contributed by atoms with E-state index in [2.05, 4.69) is 28.2 Å². The molecular formula is C14H21N3. The van der Waals surface area contributed by atoms with Gasteiger partial charge in [-0.15, -0.1) is 0 Å². The molecule has 2 aliphatic rings. The van der Waals surface area contributed by atoms with Gasteiger partial charge in [-0.3, -0.25) is 9.88 Å². The van der Waals surface area contributed by atoms with Crippen LogP contribution in [0.25, 0.3) is 0 Å². The van der Waals surface area contributed by atoms with Crippen molar-refractivity contribution < 1.29 is 0 Å². The van der Waals surface area contributed by atoms with Crippen LogP contribution in [-0.2, 0) is 0 Å². The third-order valence-corrected chi connectivity index (χ3v) is 3.98. The van der Waals surface area contributed by atoms with E-state index in [0.29, 0.717) is 12.1 Å². The zero-order valence-electron chi connectivity index (χ0n) is 10.5. The molecule has 1 aliphatic heterocycles. The van der Waals surface area contributed by atoms with Crippen LogP contribution in [0.2, 0.25) is 0 Å². The summed E-state index contributed by atoms with van der Waals surface area (Å²) in [6, 6.07) is 6.24. The third kappa shape index (κ3) is 2.67. The number of pyridine rings is 1. The van der Waals surface area contributed by atoms with Crippen LogP contribution in [0.3, 0.4) is 0 Å². The molecule has 0 bridgehead atoms. The van der Waals surface area contributed by atoms with Gasteiger partial charge in [-0.2, -0.15) is 0 Å². The molecule has 1 aromatic heterocycles. The maximum Gasteiger partial charge on any atom is 0.0335 e. The normalized spacial score (nSPS) is 27.2. The lowest BCUT2D eigenvalue weighted by molar-refractivity contribution is 0.255. The van der Waals surface area contributed by atoms with Gasteiger partial charge >= 0.3 is 0 Å². The Bertz CT molecular complexity index is 361. The summed E-state index contributed by atoms with van der Waals surface area (Å²) in [4.78, 5) is 6.78. The summed E-state index contributed by atoms with van der Waals surface area (Å²) in [6.07, 6.45) is 7.90. The van der Waals surface area contributed by atoms with Crippen LogP contribution in [0.15, 0.2) is 24.5 Å². The Hall–Kier alpha value is -0.930. The molecule has 0 spiro atoms. The SMILES string of the molecule is CC(c1cccnc1)N1CCC(NC2CC2)C1. The Labute approximate surface area is 103 Å². The molecule has 1 saturated carbocycles. The molecule has 0 aromatic carbocycles. The second kappa shape index (κ2) is 4.75. The third-order valence-electron chi connectivity index (χ3n) is 3.98. The first kappa shape index (κ1) is 11.2. The number of nitrogens with zero attached hydrogens (tertiary/aromatic N) is 2. The first-order valence-electron chi connectivity index (χ1n) is 6.73. The number of hydrogen-bond acceptors (Lipinski definition) is 3. The summed E-state index contributed by atoms with van der Waals surface area (Å²) in [5.41, 5.74) is 1.33. The molecule has 2 atom stereocenters. The molecule has 3 rings (SSSR count). The van der Waals surface area contributed by atoms with E-state index in [0.717, 1.165) is 6.04 Å². The van der Waals surface area contributed by atoms with Crippen molar-refractivity contribution in [1.82, 2.24) is 15.2 Å². The number of hydrogen-bond donors (Lipinski definition) is 1. The maximum absolute atomic E-state index is 4.21. The van der Waals surface area contributed by atoms with Crippen molar-refractivity contribution in [2.75, 3.05) is 13.1 Å². The molecule has 92 valence electrons. The zero-order chi connectivity index (χ0) is 11.7. The van der Waals surface area contributed by atoms with E-state index < -0.39 is 0 Å². The smallest absolute Gasteiger partial charge is 0.0335 e. The highest BCUT2D eigenvalue weighted by Crippen LogP contribution is 2.26. The van der Waals surface area contributed by atoms with Gasteiger partial charge in [0.25, 0.3) is 0 Å². The van der Waals surface area contributed by atoms with Crippen LogP contribution in [0.1, 0.15) is 37.8 Å². The summed E-state index contributed by atoms with van der Waals surface area (Å²) >= 11 is 0. The molecule has 2 heterocycles. The Morgan fingerprint density at radius 3 is 2.94 bits per heavy atom. The van der Waals surface area contributed by atoms with Gasteiger partial charge in [0.2, 0.25) is 0 Å². The molecule has 1 saturated heterocycles. The number of aromatic nitrogens is 1. The fourth-order valence-corrected chi connectivity index (χ4v) is 2.69. The predicted octanol–water partition coefficient (Wildman–Crippen LogP) is 1.97. The minimum Gasteiger partial charge on any atom is -0.310 e. The lowest BCUT2D eigenvalue weighted by Gasteiger charge is -2.24. The van der Waals surface area contributed by atoms with Crippen LogP contribution in [0.5, 0.6) is 0 Å². The highest BCUT2D eigenvalue weighted by atomic mass is 15.2. The van der Waals surface area contributed by atoms with Crippen molar-refractivity contribution >= 4 is 0 Å². The van der Waals surface area contributed by atoms with Crippen molar-refractivity contribution in [2.24, 2.45) is 0 Å². The van der Waals surface area contributed by atoms with Crippen LogP contribution in [0, 0.1) is 0 Å². The maximum atomic E-state index is 4.21. The fourth-order valence-electron chi connectivity index (χ4n) is 2.69. The van der Waals surface area contributed by atoms with Gasteiger partial charge in [0.1, 0.15) is 0 Å². The standard InChI is InChI=1S/C14H21N3/c1-11(12-3-2-7-15-9-12)17-8-6-14(10-17)16-13-4-5-13/h2-3,7,9,11,13-14,16H,4-6,8,10H2,1H3. The summed E-state index contributed by atoms with van der Waals surface area (Å²) in [6.45, 7) is 4.68. The van der Waals surface area contributed by atoms with Crippen LogP contribution in [0.4, 0.5) is 0 Å². The molecule has 1 aromatic rings. The van der Waals surface area contributed by atoms with E-state index in [1.165, 1.54) is 37.9 Å². The summed E-state index contributed by atoms with van der Waals surface area (Å²) in [7, 11) is 0. The number of nitrogens with one attached hydrogen (secondary N) is 1. The first-order valence-corrected chi connectivity index (χ1v) is 6.73. The summed E-state index contributed by atoms with van der Waals surface area (Å²) < 4.78 is 0. The number of rotatable bonds is 4. The van der Waals surface area contributed by atoms with Crippen molar-refractivity contribution in [2.45, 2.75) is 44.3 Å². The highest BCUT2D eigenvalue weighted by molar-refractivity contribution is 5.13. The molecule has 2 unspecified atom stereocenters. The van der Waals surface area contributed by atoms with E-state index in [1.807, 2.05) is 18.5 Å². The van der Waals surface area contributed by atoms with Gasteiger partial charge in [-0.1, -0.05) is 6.07 Å². The fraction of sp³-hybridized carbons (Fsp3) is 0.643. The Morgan fingerprint density at radius 1 is 1.35 bits per heavy atom. The minimum absolute atomic E-state index is 0.495. The Balaban J connectivity index is 1.58. The lowest BCUT2D eigenvalue weighted by Crippen LogP contribution is -2.34. The summed E-state index contributed by atoms with van der Waals surface area (Å²) in [5, 5.41) is 3.73. The molecule has 3 nitrogen and oxygen atoms in total. The molecule has 0 amide bonds. The van der Waals surface area contributed by atoms with Gasteiger partial charge in [0, 0.05) is 43.6 Å². The quantitative estimate of drug-likeness (QED) is 0.858. The van der Waals surface area contributed by atoms with Gasteiger partial charge in [0.05, 0.1) is 0 Å². The highest BCUT2D eigenvalue weighted by Gasteiger charge is 2.31. The van der Waals surface area contributed by atoms with Crippen LogP contribution < -0.4 is 5.32 Å². The number of likely N-dealkylation sites (tertiary alicyclic amines) is 1. The van der Waals surface area contributed by atoms with Crippen molar-refractivity contribution in [1.29, 1.82) is 0 Å². The molecule has 1 aliphatic carbocycles. The molecule has 17 heavy (non-hydrogen) atoms. The van der Waals surface area contributed by atoms with E-state index in [1.54, 1.807) is 0 Å². The lowest BCUT2D eigenvalue weighted by atomic mass is 10.1. The van der Waals surface area contributed by atoms with Crippen molar-refractivity contribution in [3.63, 3.8) is 0 Å². The van der Waals surface area contributed by atoms with Gasteiger partial charge in [-0.05, 0) is 37.8 Å². The van der Waals surface area contributed by atoms with E-state index in [9.17, 15) is 0 Å². The van der Waals surface area contributed by atoms with E-state index >= 15 is 0 Å². The average molecular weight is 231 g/mol. The first-order chi connectivity index (χ1) is 8.33. The summed E-state index contributed by atoms with van der Waals surface area (Å²) in [5.74, 6) is 0. The van der Waals surface area contributed by atoms with Gasteiger partial charge in [0.15, 0.2) is 0 Å². The van der Waals surface area contributed by atoms with Crippen molar-refractivity contribution in [3.05, 3.63) is 30.1 Å². The second-order valence-corrected chi connectivity index (χ2v) is 5.38. The van der Waals surface area contributed by atoms with Gasteiger partial charge < -0.3 is 5.32 Å². The zero-order valence-corrected chi connectivity index (χ0v) is 10.5. The molecule has 2 fully saturated rings. The molecule has 3 heteroatoms. The van der Waals surface area contributed by atoms with E-state index in [-0.39, 0.29) is 0 Å². The minimum atomic E-state index is 0.495. The Kier molecular flexibility index (Phi) is 3.12. The largest absolute Gasteiger partial charge is 0.310 e. The molecule has 0 radical (unpaired) electrons. The topological polar surface area (TPSA) is 28.2 Å². The average Bonchev–Trinajstić information content (AvgIpc) is 3.06. The van der Waals surface area contributed by atoms with Crippen LogP contribution >= 0.6 is 0 Å². The molecule has 1 N–H and O–H groups in total.